The van der Waals surface area contributed by atoms with Crippen molar-refractivity contribution in [2.75, 3.05) is 6.54 Å². The molecule has 0 aliphatic heterocycles. The molecule has 4 nitrogen and oxygen atoms in total. The molecule has 1 rings (SSSR count). The smallest absolute Gasteiger partial charge is 0.339 e. The second-order valence-electron chi connectivity index (χ2n) is 3.88. The van der Waals surface area contributed by atoms with Crippen molar-refractivity contribution in [2.45, 2.75) is 33.2 Å². The Bertz CT molecular complexity index is 329. The molecule has 0 fully saturated rings. The van der Waals surface area contributed by atoms with Gasteiger partial charge in [-0.05, 0) is 18.5 Å². The topological polar surface area (TPSA) is 62.5 Å². The van der Waals surface area contributed by atoms with Crippen molar-refractivity contribution < 1.29 is 14.3 Å². The molecule has 1 aromatic rings. The van der Waals surface area contributed by atoms with Gasteiger partial charge in [0.1, 0.15) is 11.3 Å². The molecule has 0 aromatic carbocycles. The zero-order valence-electron chi connectivity index (χ0n) is 9.82. The standard InChI is InChI=1S/C12H19NO3/c1-3-9(4-2)7-13-8-11-10(12(14)15)5-6-16-11/h5-6,9,13H,3-4,7-8H2,1-2H3,(H,14,15). The Morgan fingerprint density at radius 1 is 1.50 bits per heavy atom. The minimum atomic E-state index is -0.937. The first kappa shape index (κ1) is 12.8. The van der Waals surface area contributed by atoms with E-state index in [9.17, 15) is 4.79 Å². The van der Waals surface area contributed by atoms with Gasteiger partial charge in [-0.3, -0.25) is 0 Å². The molecule has 0 bridgehead atoms. The van der Waals surface area contributed by atoms with E-state index >= 15 is 0 Å². The first-order valence-electron chi connectivity index (χ1n) is 5.69. The summed E-state index contributed by atoms with van der Waals surface area (Å²) < 4.78 is 5.13. The van der Waals surface area contributed by atoms with Crippen LogP contribution in [0, 0.1) is 5.92 Å². The molecule has 90 valence electrons. The number of hydrogen-bond donors (Lipinski definition) is 2. The van der Waals surface area contributed by atoms with Gasteiger partial charge in [0.2, 0.25) is 0 Å². The lowest BCUT2D eigenvalue weighted by atomic mass is 10.0. The Kier molecular flexibility index (Phi) is 5.05. The average Bonchev–Trinajstić information content (AvgIpc) is 2.72. The lowest BCUT2D eigenvalue weighted by Gasteiger charge is -2.12. The summed E-state index contributed by atoms with van der Waals surface area (Å²) in [7, 11) is 0. The molecule has 0 radical (unpaired) electrons. The van der Waals surface area contributed by atoms with Crippen LogP contribution in [0.25, 0.3) is 0 Å². The van der Waals surface area contributed by atoms with Crippen LogP contribution in [-0.2, 0) is 6.54 Å². The van der Waals surface area contributed by atoms with E-state index in [4.69, 9.17) is 9.52 Å². The van der Waals surface area contributed by atoms with Gasteiger partial charge in [0.25, 0.3) is 0 Å². The zero-order valence-corrected chi connectivity index (χ0v) is 9.82. The zero-order chi connectivity index (χ0) is 12.0. The highest BCUT2D eigenvalue weighted by molar-refractivity contribution is 5.88. The van der Waals surface area contributed by atoms with Crippen LogP contribution >= 0.6 is 0 Å². The second-order valence-corrected chi connectivity index (χ2v) is 3.88. The van der Waals surface area contributed by atoms with Gasteiger partial charge in [-0.2, -0.15) is 0 Å². The summed E-state index contributed by atoms with van der Waals surface area (Å²) in [5, 5.41) is 12.1. The van der Waals surface area contributed by atoms with Crippen LogP contribution in [0.4, 0.5) is 0 Å². The average molecular weight is 225 g/mol. The maximum atomic E-state index is 10.8. The summed E-state index contributed by atoms with van der Waals surface area (Å²) >= 11 is 0. The Morgan fingerprint density at radius 2 is 2.19 bits per heavy atom. The second kappa shape index (κ2) is 6.33. The molecule has 0 saturated carbocycles. The number of carboxylic acids is 1. The fourth-order valence-corrected chi connectivity index (χ4v) is 1.64. The monoisotopic (exact) mass is 225 g/mol. The third-order valence-electron chi connectivity index (χ3n) is 2.85. The van der Waals surface area contributed by atoms with E-state index in [0.717, 1.165) is 19.4 Å². The molecule has 4 heteroatoms. The fourth-order valence-electron chi connectivity index (χ4n) is 1.64. The Hall–Kier alpha value is -1.29. The first-order chi connectivity index (χ1) is 7.69. The lowest BCUT2D eigenvalue weighted by molar-refractivity contribution is 0.0694. The Balaban J connectivity index is 2.42. The van der Waals surface area contributed by atoms with Gasteiger partial charge in [0.05, 0.1) is 12.8 Å². The van der Waals surface area contributed by atoms with Gasteiger partial charge in [-0.15, -0.1) is 0 Å². The van der Waals surface area contributed by atoms with E-state index in [1.54, 1.807) is 0 Å². The van der Waals surface area contributed by atoms with Crippen molar-refractivity contribution >= 4 is 5.97 Å². The highest BCUT2D eigenvalue weighted by atomic mass is 16.4. The normalized spacial score (nSPS) is 10.9. The molecular weight excluding hydrogens is 206 g/mol. The van der Waals surface area contributed by atoms with Crippen molar-refractivity contribution in [3.05, 3.63) is 23.7 Å². The third-order valence-corrected chi connectivity index (χ3v) is 2.85. The molecule has 0 saturated heterocycles. The number of aromatic carboxylic acids is 1. The Labute approximate surface area is 95.7 Å². The third kappa shape index (κ3) is 3.38. The number of carboxylic acid groups (broad SMARTS) is 1. The molecule has 16 heavy (non-hydrogen) atoms. The van der Waals surface area contributed by atoms with Gasteiger partial charge in [0, 0.05) is 0 Å². The summed E-state index contributed by atoms with van der Waals surface area (Å²) in [4.78, 5) is 10.8. The minimum Gasteiger partial charge on any atom is -0.478 e. The number of rotatable bonds is 7. The molecule has 0 amide bonds. The molecular formula is C12H19NO3. The highest BCUT2D eigenvalue weighted by Gasteiger charge is 2.13. The van der Waals surface area contributed by atoms with Crippen LogP contribution in [0.15, 0.2) is 16.7 Å². The predicted octanol–water partition coefficient (Wildman–Crippen LogP) is 2.50. The van der Waals surface area contributed by atoms with E-state index < -0.39 is 5.97 Å². The summed E-state index contributed by atoms with van der Waals surface area (Å²) in [6.07, 6.45) is 3.68. The lowest BCUT2D eigenvalue weighted by Crippen LogP contribution is -2.22. The first-order valence-corrected chi connectivity index (χ1v) is 5.69. The van der Waals surface area contributed by atoms with Crippen LogP contribution in [-0.4, -0.2) is 17.6 Å². The van der Waals surface area contributed by atoms with E-state index in [1.807, 2.05) is 0 Å². The maximum absolute atomic E-state index is 10.8. The van der Waals surface area contributed by atoms with Crippen LogP contribution in [0.3, 0.4) is 0 Å². The van der Waals surface area contributed by atoms with Crippen LogP contribution in [0.2, 0.25) is 0 Å². The van der Waals surface area contributed by atoms with Crippen molar-refractivity contribution in [1.82, 2.24) is 5.32 Å². The van der Waals surface area contributed by atoms with E-state index in [0.29, 0.717) is 18.2 Å². The number of hydrogen-bond acceptors (Lipinski definition) is 3. The van der Waals surface area contributed by atoms with Crippen molar-refractivity contribution in [1.29, 1.82) is 0 Å². The summed E-state index contributed by atoms with van der Waals surface area (Å²) in [6.45, 7) is 5.69. The molecule has 1 heterocycles. The van der Waals surface area contributed by atoms with E-state index in [-0.39, 0.29) is 5.56 Å². The summed E-state index contributed by atoms with van der Waals surface area (Å²) in [5.41, 5.74) is 0.247. The molecule has 0 atom stereocenters. The summed E-state index contributed by atoms with van der Waals surface area (Å²) in [5.74, 6) is 0.203. The van der Waals surface area contributed by atoms with Gasteiger partial charge in [-0.25, -0.2) is 4.79 Å². The molecule has 1 aromatic heterocycles. The fraction of sp³-hybridized carbons (Fsp3) is 0.583. The van der Waals surface area contributed by atoms with Gasteiger partial charge in [0.15, 0.2) is 0 Å². The molecule has 0 spiro atoms. The Morgan fingerprint density at radius 3 is 2.75 bits per heavy atom. The van der Waals surface area contributed by atoms with Crippen molar-refractivity contribution in [3.8, 4) is 0 Å². The SMILES string of the molecule is CCC(CC)CNCc1occc1C(=O)O. The quantitative estimate of drug-likeness (QED) is 0.748. The number of nitrogens with one attached hydrogen (secondary N) is 1. The number of furan rings is 1. The van der Waals surface area contributed by atoms with Crippen LogP contribution < -0.4 is 5.32 Å². The van der Waals surface area contributed by atoms with Gasteiger partial charge in [-0.1, -0.05) is 26.7 Å². The van der Waals surface area contributed by atoms with Crippen molar-refractivity contribution in [3.63, 3.8) is 0 Å². The van der Waals surface area contributed by atoms with Crippen LogP contribution in [0.5, 0.6) is 0 Å². The van der Waals surface area contributed by atoms with Gasteiger partial charge >= 0.3 is 5.97 Å². The van der Waals surface area contributed by atoms with E-state index in [2.05, 4.69) is 19.2 Å². The van der Waals surface area contributed by atoms with Gasteiger partial charge < -0.3 is 14.8 Å². The van der Waals surface area contributed by atoms with Crippen LogP contribution in [0.1, 0.15) is 42.8 Å². The highest BCUT2D eigenvalue weighted by Crippen LogP contribution is 2.11. The minimum absolute atomic E-state index is 0.247. The van der Waals surface area contributed by atoms with Crippen molar-refractivity contribution in [2.24, 2.45) is 5.92 Å². The molecule has 0 aliphatic carbocycles. The molecule has 0 unspecified atom stereocenters. The molecule has 2 N–H and O–H groups in total. The van der Waals surface area contributed by atoms with E-state index in [1.165, 1.54) is 12.3 Å². The maximum Gasteiger partial charge on any atom is 0.339 e. The predicted molar refractivity (Wildman–Crippen MR) is 61.4 cm³/mol. The largest absolute Gasteiger partial charge is 0.478 e. The number of carbonyl (C=O) groups is 1. The molecule has 0 aliphatic rings. The summed E-state index contributed by atoms with van der Waals surface area (Å²) in [6, 6.07) is 1.48.